The van der Waals surface area contributed by atoms with Crippen LogP contribution in [0.1, 0.15) is 111 Å². The second-order valence-corrected chi connectivity index (χ2v) is 14.4. The van der Waals surface area contributed by atoms with Gasteiger partial charge >= 0.3 is 11.9 Å². The van der Waals surface area contributed by atoms with Crippen molar-refractivity contribution in [3.63, 3.8) is 0 Å². The molecule has 47 heavy (non-hydrogen) atoms. The maximum absolute atomic E-state index is 13.1. The van der Waals surface area contributed by atoms with Crippen molar-refractivity contribution in [2.24, 2.45) is 22.1 Å². The van der Waals surface area contributed by atoms with Crippen molar-refractivity contribution in [3.8, 4) is 0 Å². The molecule has 1 aromatic heterocycles. The Hall–Kier alpha value is -3.13. The first-order chi connectivity index (χ1) is 22.0. The van der Waals surface area contributed by atoms with Gasteiger partial charge in [-0.2, -0.15) is 0 Å². The number of esters is 2. The zero-order valence-electron chi connectivity index (χ0n) is 29.0. The van der Waals surface area contributed by atoms with Crippen molar-refractivity contribution in [3.05, 3.63) is 23.5 Å². The minimum absolute atomic E-state index is 0.0619. The van der Waals surface area contributed by atoms with E-state index >= 15 is 0 Å². The molecular formula is C34H55N5O8. The highest BCUT2D eigenvalue weighted by molar-refractivity contribution is 6.10. The molecule has 0 bridgehead atoms. The normalized spacial score (nSPS) is 24.9. The molecule has 264 valence electrons. The average Bonchev–Trinajstić information content (AvgIpc) is 3.60. The molecule has 0 radical (unpaired) electrons. The summed E-state index contributed by atoms with van der Waals surface area (Å²) in [7, 11) is 0. The second kappa shape index (κ2) is 16.3. The lowest BCUT2D eigenvalue weighted by Crippen LogP contribution is -2.49. The number of aliphatic hydroxyl groups excluding tert-OH is 1. The number of aliphatic hydroxyl groups is 1. The molecule has 0 spiro atoms. The largest absolute Gasteiger partial charge is 0.463 e. The summed E-state index contributed by atoms with van der Waals surface area (Å²) in [5.74, 6) is -1.20. The van der Waals surface area contributed by atoms with Gasteiger partial charge in [-0.25, -0.2) is 4.99 Å². The number of amidine groups is 1. The van der Waals surface area contributed by atoms with Crippen molar-refractivity contribution in [1.29, 1.82) is 5.41 Å². The smallest absolute Gasteiger partial charge is 0.323 e. The molecule has 1 amide bonds. The highest BCUT2D eigenvalue weighted by atomic mass is 16.6. The fourth-order valence-corrected chi connectivity index (χ4v) is 5.73. The number of nitrogens with zero attached hydrogens (tertiary/aromatic N) is 1. The number of carbonyl (C=O) groups is 3. The van der Waals surface area contributed by atoms with Crippen LogP contribution in [0.3, 0.4) is 0 Å². The summed E-state index contributed by atoms with van der Waals surface area (Å²) >= 11 is 0. The number of carbonyl (C=O) groups excluding carboxylic acids is 3. The Bertz CT molecular complexity index is 1270. The molecule has 1 saturated heterocycles. The predicted molar refractivity (Wildman–Crippen MR) is 177 cm³/mol. The zero-order chi connectivity index (χ0) is 35.0. The van der Waals surface area contributed by atoms with E-state index < -0.39 is 52.8 Å². The number of aromatic nitrogens is 1. The van der Waals surface area contributed by atoms with Gasteiger partial charge in [-0.15, -0.1) is 0 Å². The number of hydrogen-bond donors (Lipinski definition) is 5. The second-order valence-electron chi connectivity index (χ2n) is 14.4. The third-order valence-corrected chi connectivity index (χ3v) is 9.08. The fraction of sp³-hybridized carbons (Fsp3) is 0.735. The molecule has 1 aliphatic heterocycles. The van der Waals surface area contributed by atoms with Crippen LogP contribution in [-0.2, 0) is 38.9 Å². The van der Waals surface area contributed by atoms with E-state index in [-0.39, 0.29) is 24.3 Å². The first-order valence-electron chi connectivity index (χ1n) is 16.7. The number of amides is 1. The first-order valence-corrected chi connectivity index (χ1v) is 16.7. The van der Waals surface area contributed by atoms with Gasteiger partial charge in [-0.3, -0.25) is 19.8 Å². The molecule has 5 atom stereocenters. The van der Waals surface area contributed by atoms with E-state index in [4.69, 9.17) is 30.1 Å². The summed E-state index contributed by atoms with van der Waals surface area (Å²) in [6.45, 7) is 12.5. The molecule has 2 aliphatic rings. The molecule has 1 saturated carbocycles. The molecule has 13 nitrogen and oxygen atoms in total. The van der Waals surface area contributed by atoms with Crippen molar-refractivity contribution < 1.29 is 38.4 Å². The van der Waals surface area contributed by atoms with Crippen LogP contribution >= 0.6 is 0 Å². The summed E-state index contributed by atoms with van der Waals surface area (Å²) in [6.07, 6.45) is 4.57. The van der Waals surface area contributed by atoms with E-state index in [1.54, 1.807) is 53.7 Å². The van der Waals surface area contributed by atoms with Crippen molar-refractivity contribution in [2.75, 3.05) is 13.2 Å². The molecule has 0 aromatic carbocycles. The minimum Gasteiger partial charge on any atom is -0.463 e. The summed E-state index contributed by atoms with van der Waals surface area (Å²) in [5, 5.41) is 21.9. The summed E-state index contributed by atoms with van der Waals surface area (Å²) in [6, 6.07) is 2.29. The van der Waals surface area contributed by atoms with E-state index in [0.29, 0.717) is 24.4 Å². The third kappa shape index (κ3) is 9.94. The van der Waals surface area contributed by atoms with Crippen LogP contribution in [0.4, 0.5) is 0 Å². The molecule has 6 N–H and O–H groups in total. The van der Waals surface area contributed by atoms with Gasteiger partial charge in [-0.05, 0) is 63.5 Å². The molecule has 1 aromatic rings. The number of unbranched alkanes of at least 4 members (excludes halogenated alkanes) is 1. The standard InChI is InChI=1S/C34H55N5O8/c1-8-9-17-45-33(5,6)31(43)39-29(37-20-35)22-15-16-24(38-22)34(7)28(41)26(46-30(42)27(36)32(2,3)4)23(47-34)19-44-25(40)18-21-13-11-10-12-14-21/h15-16,20-21,23,26-28,38,41H,8-14,17-19,36H2,1-7H3,(H2,35,37,39,43)/t23-,26-,27+,28-,34+/m1/s1. The third-order valence-electron chi connectivity index (χ3n) is 9.08. The van der Waals surface area contributed by atoms with Gasteiger partial charge in [0.05, 0.1) is 11.4 Å². The number of H-pyrrole nitrogens is 1. The Kier molecular flexibility index (Phi) is 13.3. The zero-order valence-corrected chi connectivity index (χ0v) is 29.0. The van der Waals surface area contributed by atoms with Crippen molar-refractivity contribution in [1.82, 2.24) is 10.3 Å². The van der Waals surface area contributed by atoms with Crippen molar-refractivity contribution in [2.45, 2.75) is 135 Å². The maximum atomic E-state index is 13.1. The van der Waals surface area contributed by atoms with Gasteiger partial charge in [-0.1, -0.05) is 53.4 Å². The van der Waals surface area contributed by atoms with E-state index in [9.17, 15) is 19.5 Å². The Morgan fingerprint density at radius 1 is 1.21 bits per heavy atom. The lowest BCUT2D eigenvalue weighted by atomic mass is 9.87. The summed E-state index contributed by atoms with van der Waals surface area (Å²) in [4.78, 5) is 46.1. The topological polar surface area (TPSA) is 198 Å². The molecule has 0 unspecified atom stereocenters. The lowest BCUT2D eigenvalue weighted by Gasteiger charge is -2.29. The SMILES string of the molecule is CCCCOC(C)(C)C(=O)NC(=NC=N)c1ccc([C@]2(C)O[C@H](COC(=O)CC3CCCCC3)[C@@H](OC(=O)[C@H](N)C(C)(C)C)[C@H]2O)[nH]1. The van der Waals surface area contributed by atoms with Gasteiger partial charge in [0, 0.05) is 13.0 Å². The van der Waals surface area contributed by atoms with Crippen LogP contribution in [0.5, 0.6) is 0 Å². The summed E-state index contributed by atoms with van der Waals surface area (Å²) in [5.41, 5.74) is 3.67. The first kappa shape index (κ1) is 38.3. The molecular weight excluding hydrogens is 606 g/mol. The van der Waals surface area contributed by atoms with E-state index in [1.165, 1.54) is 6.42 Å². The minimum atomic E-state index is -1.46. The fourth-order valence-electron chi connectivity index (χ4n) is 5.73. The Morgan fingerprint density at radius 3 is 2.51 bits per heavy atom. The van der Waals surface area contributed by atoms with Gasteiger partial charge in [0.25, 0.3) is 5.91 Å². The average molecular weight is 662 g/mol. The van der Waals surface area contributed by atoms with Gasteiger partial charge in [0.1, 0.15) is 42.4 Å². The van der Waals surface area contributed by atoms with Crippen LogP contribution in [0.2, 0.25) is 0 Å². The van der Waals surface area contributed by atoms with E-state index in [1.807, 2.05) is 6.92 Å². The van der Waals surface area contributed by atoms with Crippen LogP contribution in [0.15, 0.2) is 17.1 Å². The molecule has 2 fully saturated rings. The van der Waals surface area contributed by atoms with Crippen LogP contribution in [0.25, 0.3) is 0 Å². The number of nitrogens with one attached hydrogen (secondary N) is 3. The molecule has 2 heterocycles. The number of hydrogen-bond acceptors (Lipinski definition) is 10. The number of nitrogens with two attached hydrogens (primary N) is 1. The highest BCUT2D eigenvalue weighted by Gasteiger charge is 2.56. The van der Waals surface area contributed by atoms with E-state index in [0.717, 1.165) is 44.9 Å². The lowest BCUT2D eigenvalue weighted by molar-refractivity contribution is -0.164. The van der Waals surface area contributed by atoms with Gasteiger partial charge in [0.15, 0.2) is 11.9 Å². The Balaban J connectivity index is 1.83. The molecule has 13 heteroatoms. The number of ether oxygens (including phenoxy) is 4. The Labute approximate surface area is 278 Å². The Morgan fingerprint density at radius 2 is 1.89 bits per heavy atom. The quantitative estimate of drug-likeness (QED) is 0.0850. The number of rotatable bonds is 14. The maximum Gasteiger partial charge on any atom is 0.323 e. The van der Waals surface area contributed by atoms with Crippen LogP contribution < -0.4 is 11.1 Å². The van der Waals surface area contributed by atoms with Crippen LogP contribution in [0, 0.1) is 16.7 Å². The number of aliphatic imine (C=N–C) groups is 1. The van der Waals surface area contributed by atoms with Gasteiger partial charge < -0.3 is 40.1 Å². The van der Waals surface area contributed by atoms with Crippen LogP contribution in [-0.4, -0.2) is 83.3 Å². The monoisotopic (exact) mass is 661 g/mol. The molecule has 3 rings (SSSR count). The molecule has 1 aliphatic carbocycles. The predicted octanol–water partition coefficient (Wildman–Crippen LogP) is 3.85. The summed E-state index contributed by atoms with van der Waals surface area (Å²) < 4.78 is 23.5. The van der Waals surface area contributed by atoms with Gasteiger partial charge in [0.2, 0.25) is 0 Å². The van der Waals surface area contributed by atoms with Crippen molar-refractivity contribution >= 4 is 30.0 Å². The van der Waals surface area contributed by atoms with E-state index in [2.05, 4.69) is 15.3 Å². The number of aromatic amines is 1. The highest BCUT2D eigenvalue weighted by Crippen LogP contribution is 2.41.